The van der Waals surface area contributed by atoms with Gasteiger partial charge in [-0.15, -0.1) is 0 Å². The van der Waals surface area contributed by atoms with Gasteiger partial charge in [-0.25, -0.2) is 9.18 Å². The van der Waals surface area contributed by atoms with Crippen molar-refractivity contribution in [3.63, 3.8) is 0 Å². The number of carboxylic acid groups (broad SMARTS) is 1. The molecular weight excluding hydrogens is 277 g/mol. The molecule has 2 rings (SSSR count). The third-order valence-corrected chi connectivity index (χ3v) is 2.93. The van der Waals surface area contributed by atoms with Crippen LogP contribution in [0.4, 0.5) is 10.1 Å². The van der Waals surface area contributed by atoms with Crippen LogP contribution in [0.25, 0.3) is 0 Å². The van der Waals surface area contributed by atoms with E-state index in [-0.39, 0.29) is 22.6 Å². The highest BCUT2D eigenvalue weighted by atomic mass is 19.1. The van der Waals surface area contributed by atoms with Crippen LogP contribution in [0.15, 0.2) is 36.4 Å². The van der Waals surface area contributed by atoms with Gasteiger partial charge in [0, 0.05) is 11.8 Å². The van der Waals surface area contributed by atoms with Crippen LogP contribution >= 0.6 is 0 Å². The van der Waals surface area contributed by atoms with Crippen molar-refractivity contribution in [2.24, 2.45) is 0 Å². The molecule has 0 saturated heterocycles. The van der Waals surface area contributed by atoms with Gasteiger partial charge in [0.05, 0.1) is 11.1 Å². The summed E-state index contributed by atoms with van der Waals surface area (Å²) in [6.45, 7) is 1.69. The summed E-state index contributed by atoms with van der Waals surface area (Å²) in [5.41, 5.74) is 0.704. The molecule has 0 aromatic heterocycles. The molecule has 2 aromatic carbocycles. The second-order valence-corrected chi connectivity index (χ2v) is 4.45. The Morgan fingerprint density at radius 1 is 1.14 bits per heavy atom. The number of aromatic carboxylic acids is 1. The molecule has 0 atom stereocenters. The fourth-order valence-corrected chi connectivity index (χ4v) is 1.77. The molecule has 21 heavy (non-hydrogen) atoms. The monoisotopic (exact) mass is 289 g/mol. The molecule has 6 heteroatoms. The first-order chi connectivity index (χ1) is 9.88. The van der Waals surface area contributed by atoms with Crippen LogP contribution in [0.2, 0.25) is 0 Å². The number of carboxylic acids is 1. The van der Waals surface area contributed by atoms with Gasteiger partial charge in [-0.2, -0.15) is 0 Å². The van der Waals surface area contributed by atoms with Crippen molar-refractivity contribution >= 4 is 17.6 Å². The van der Waals surface area contributed by atoms with E-state index in [9.17, 15) is 14.0 Å². The van der Waals surface area contributed by atoms with Gasteiger partial charge in [-0.3, -0.25) is 4.79 Å². The lowest BCUT2D eigenvalue weighted by Gasteiger charge is -2.10. The lowest BCUT2D eigenvalue weighted by atomic mass is 10.1. The zero-order valence-electron chi connectivity index (χ0n) is 11.1. The van der Waals surface area contributed by atoms with Gasteiger partial charge in [-0.05, 0) is 36.8 Å². The summed E-state index contributed by atoms with van der Waals surface area (Å²) in [6, 6.07) is 7.43. The van der Waals surface area contributed by atoms with Crippen molar-refractivity contribution in [2.45, 2.75) is 6.92 Å². The number of hydrogen-bond donors (Lipinski definition) is 3. The SMILES string of the molecule is Cc1ccc(C(=O)O)cc1NC(=O)c1ccc(O)cc1F. The average molecular weight is 289 g/mol. The summed E-state index contributed by atoms with van der Waals surface area (Å²) in [5, 5.41) is 20.5. The molecular formula is C15H12FNO4. The highest BCUT2D eigenvalue weighted by molar-refractivity contribution is 6.05. The molecule has 0 bridgehead atoms. The van der Waals surface area contributed by atoms with Crippen LogP contribution in [0.1, 0.15) is 26.3 Å². The Kier molecular flexibility index (Phi) is 3.89. The normalized spacial score (nSPS) is 10.2. The van der Waals surface area contributed by atoms with Crippen LogP contribution in [-0.4, -0.2) is 22.1 Å². The predicted molar refractivity (Wildman–Crippen MR) is 74.2 cm³/mol. The molecule has 0 unspecified atom stereocenters. The van der Waals surface area contributed by atoms with Crippen LogP contribution in [0, 0.1) is 12.7 Å². The number of anilines is 1. The van der Waals surface area contributed by atoms with Crippen LogP contribution in [-0.2, 0) is 0 Å². The standard InChI is InChI=1S/C15H12FNO4/c1-8-2-3-9(15(20)21)6-13(8)17-14(19)11-5-4-10(18)7-12(11)16/h2-7,18H,1H3,(H,17,19)(H,20,21). The summed E-state index contributed by atoms with van der Waals surface area (Å²) in [4.78, 5) is 22.9. The Morgan fingerprint density at radius 3 is 2.48 bits per heavy atom. The zero-order valence-corrected chi connectivity index (χ0v) is 11.1. The third-order valence-electron chi connectivity index (χ3n) is 2.93. The summed E-state index contributed by atoms with van der Waals surface area (Å²) < 4.78 is 13.6. The van der Waals surface area contributed by atoms with Gasteiger partial charge in [0.25, 0.3) is 5.91 Å². The van der Waals surface area contributed by atoms with Gasteiger partial charge >= 0.3 is 5.97 Å². The lowest BCUT2D eigenvalue weighted by Crippen LogP contribution is -2.15. The Balaban J connectivity index is 2.31. The van der Waals surface area contributed by atoms with E-state index in [0.717, 1.165) is 12.1 Å². The first-order valence-corrected chi connectivity index (χ1v) is 6.02. The molecule has 0 aliphatic rings. The maximum absolute atomic E-state index is 13.6. The van der Waals surface area contributed by atoms with Gasteiger partial charge in [0.15, 0.2) is 0 Å². The summed E-state index contributed by atoms with van der Waals surface area (Å²) in [7, 11) is 0. The minimum absolute atomic E-state index is 0.0158. The van der Waals surface area contributed by atoms with Crippen molar-refractivity contribution in [1.29, 1.82) is 0 Å². The lowest BCUT2D eigenvalue weighted by molar-refractivity contribution is 0.0696. The molecule has 5 nitrogen and oxygen atoms in total. The maximum Gasteiger partial charge on any atom is 0.335 e. The van der Waals surface area contributed by atoms with E-state index in [0.29, 0.717) is 5.56 Å². The number of aromatic hydroxyl groups is 1. The summed E-state index contributed by atoms with van der Waals surface area (Å²) in [6.07, 6.45) is 0. The van der Waals surface area contributed by atoms with Crippen LogP contribution in [0.3, 0.4) is 0 Å². The van der Waals surface area contributed by atoms with E-state index < -0.39 is 17.7 Å². The molecule has 0 saturated carbocycles. The highest BCUT2D eigenvalue weighted by Gasteiger charge is 2.14. The van der Waals surface area contributed by atoms with Gasteiger partial charge < -0.3 is 15.5 Å². The number of benzene rings is 2. The molecule has 0 heterocycles. The number of rotatable bonds is 3. The minimum atomic E-state index is -1.12. The molecule has 0 aliphatic carbocycles. The number of carbonyl (C=O) groups excluding carboxylic acids is 1. The van der Waals surface area contributed by atoms with E-state index in [2.05, 4.69) is 5.32 Å². The average Bonchev–Trinajstić information content (AvgIpc) is 2.40. The molecule has 0 aliphatic heterocycles. The van der Waals surface area contributed by atoms with Crippen LogP contribution < -0.4 is 5.32 Å². The maximum atomic E-state index is 13.6. The predicted octanol–water partition coefficient (Wildman–Crippen LogP) is 2.79. The molecule has 0 spiro atoms. The Bertz CT molecular complexity index is 728. The fraction of sp³-hybridized carbons (Fsp3) is 0.0667. The number of phenolic OH excluding ortho intramolecular Hbond substituents is 1. The van der Waals surface area contributed by atoms with E-state index >= 15 is 0 Å². The molecule has 1 amide bonds. The smallest absolute Gasteiger partial charge is 0.335 e. The minimum Gasteiger partial charge on any atom is -0.508 e. The Morgan fingerprint density at radius 2 is 1.86 bits per heavy atom. The number of aryl methyl sites for hydroxylation is 1. The molecule has 0 radical (unpaired) electrons. The number of carbonyl (C=O) groups is 2. The van der Waals surface area contributed by atoms with Crippen molar-refractivity contribution in [3.05, 3.63) is 58.9 Å². The third kappa shape index (κ3) is 3.17. The largest absolute Gasteiger partial charge is 0.508 e. The van der Waals surface area contributed by atoms with E-state index in [1.807, 2.05) is 0 Å². The number of phenols is 1. The van der Waals surface area contributed by atoms with Crippen molar-refractivity contribution in [3.8, 4) is 5.75 Å². The van der Waals surface area contributed by atoms with Gasteiger partial charge in [0.2, 0.25) is 0 Å². The molecule has 0 fully saturated rings. The summed E-state index contributed by atoms with van der Waals surface area (Å²) >= 11 is 0. The van der Waals surface area contributed by atoms with Crippen LogP contribution in [0.5, 0.6) is 5.75 Å². The highest BCUT2D eigenvalue weighted by Crippen LogP contribution is 2.20. The number of amides is 1. The van der Waals surface area contributed by atoms with E-state index in [4.69, 9.17) is 10.2 Å². The summed E-state index contributed by atoms with van der Waals surface area (Å²) in [5.74, 6) is -2.99. The van der Waals surface area contributed by atoms with Gasteiger partial charge in [0.1, 0.15) is 11.6 Å². The topological polar surface area (TPSA) is 86.6 Å². The first kappa shape index (κ1) is 14.5. The quantitative estimate of drug-likeness (QED) is 0.811. The Hall–Kier alpha value is -2.89. The number of nitrogens with one attached hydrogen (secondary N) is 1. The fourth-order valence-electron chi connectivity index (χ4n) is 1.77. The molecule has 108 valence electrons. The van der Waals surface area contributed by atoms with Crippen molar-refractivity contribution in [1.82, 2.24) is 0 Å². The molecule has 2 aromatic rings. The van der Waals surface area contributed by atoms with Crippen molar-refractivity contribution in [2.75, 3.05) is 5.32 Å². The van der Waals surface area contributed by atoms with Gasteiger partial charge in [-0.1, -0.05) is 6.07 Å². The number of hydrogen-bond acceptors (Lipinski definition) is 3. The van der Waals surface area contributed by atoms with E-state index in [1.165, 1.54) is 18.2 Å². The second kappa shape index (κ2) is 5.62. The Labute approximate surface area is 119 Å². The van der Waals surface area contributed by atoms with E-state index in [1.54, 1.807) is 13.0 Å². The first-order valence-electron chi connectivity index (χ1n) is 6.02. The number of halogens is 1. The zero-order chi connectivity index (χ0) is 15.6. The second-order valence-electron chi connectivity index (χ2n) is 4.45. The van der Waals surface area contributed by atoms with Crippen molar-refractivity contribution < 1.29 is 24.2 Å². The molecule has 3 N–H and O–H groups in total.